The van der Waals surface area contributed by atoms with E-state index < -0.39 is 29.5 Å². The molecule has 1 heterocycles. The summed E-state index contributed by atoms with van der Waals surface area (Å²) in [6, 6.07) is 0.390. The van der Waals surface area contributed by atoms with Crippen LogP contribution in [0.1, 0.15) is 13.8 Å². The maximum atomic E-state index is 13.7. The van der Waals surface area contributed by atoms with Crippen LogP contribution < -0.4 is 15.4 Å². The molecule has 1 fully saturated rings. The van der Waals surface area contributed by atoms with Crippen LogP contribution in [0.15, 0.2) is 12.1 Å². The fourth-order valence-electron chi connectivity index (χ4n) is 2.63. The Morgan fingerprint density at radius 1 is 1.19 bits per heavy atom. The van der Waals surface area contributed by atoms with Crippen molar-refractivity contribution < 1.29 is 27.8 Å². The summed E-state index contributed by atoms with van der Waals surface area (Å²) in [5, 5.41) is 4.91. The normalized spacial score (nSPS) is 15.5. The molecule has 0 aromatic heterocycles. The first kappa shape index (κ1) is 19.9. The lowest BCUT2D eigenvalue weighted by molar-refractivity contribution is -0.138. The lowest BCUT2D eigenvalue weighted by atomic mass is 10.0. The van der Waals surface area contributed by atoms with E-state index >= 15 is 0 Å². The van der Waals surface area contributed by atoms with E-state index in [1.54, 1.807) is 18.7 Å². The number of carbonyl (C=O) groups is 2. The standard InChI is InChI=1S/C17H23F2N3O4/c1-10(2)14(16(23)22-4-6-26-7-5-22)21-17(24)20-11-8-12(18)15(25-3)13(19)9-11/h8-10,14H,4-7H2,1-3H3,(H2,20,21,24)/t14-/m0/s1. The largest absolute Gasteiger partial charge is 0.491 e. The third kappa shape index (κ3) is 4.81. The number of nitrogens with one attached hydrogen (secondary N) is 2. The van der Waals surface area contributed by atoms with E-state index in [9.17, 15) is 18.4 Å². The van der Waals surface area contributed by atoms with E-state index in [-0.39, 0.29) is 17.5 Å². The van der Waals surface area contributed by atoms with Crippen LogP contribution in [-0.4, -0.2) is 56.3 Å². The molecule has 1 aromatic carbocycles. The topological polar surface area (TPSA) is 79.9 Å². The van der Waals surface area contributed by atoms with E-state index in [2.05, 4.69) is 15.4 Å². The number of anilines is 1. The van der Waals surface area contributed by atoms with E-state index in [4.69, 9.17) is 4.74 Å². The van der Waals surface area contributed by atoms with Crippen molar-refractivity contribution in [2.75, 3.05) is 38.7 Å². The van der Waals surface area contributed by atoms with Crippen molar-refractivity contribution in [2.24, 2.45) is 5.92 Å². The molecule has 26 heavy (non-hydrogen) atoms. The van der Waals surface area contributed by atoms with Gasteiger partial charge in [0.05, 0.1) is 20.3 Å². The highest BCUT2D eigenvalue weighted by Crippen LogP contribution is 2.25. The Hall–Kier alpha value is -2.42. The zero-order valence-electron chi connectivity index (χ0n) is 15.0. The third-order valence-electron chi connectivity index (χ3n) is 4.00. The summed E-state index contributed by atoms with van der Waals surface area (Å²) in [6.07, 6.45) is 0. The number of benzene rings is 1. The van der Waals surface area contributed by atoms with Gasteiger partial charge in [-0.2, -0.15) is 0 Å². The maximum absolute atomic E-state index is 13.7. The SMILES string of the molecule is COc1c(F)cc(NC(=O)N[C@H](C(=O)N2CCOCC2)C(C)C)cc1F. The van der Waals surface area contributed by atoms with Crippen LogP contribution in [-0.2, 0) is 9.53 Å². The number of morpholine rings is 1. The molecule has 1 atom stereocenters. The van der Waals surface area contributed by atoms with Gasteiger partial charge in [0.25, 0.3) is 0 Å². The second kappa shape index (κ2) is 8.79. The average Bonchev–Trinajstić information content (AvgIpc) is 2.59. The highest BCUT2D eigenvalue weighted by atomic mass is 19.1. The lowest BCUT2D eigenvalue weighted by Crippen LogP contribution is -2.54. The second-order valence-electron chi connectivity index (χ2n) is 6.23. The molecule has 9 heteroatoms. The number of hydrogen-bond acceptors (Lipinski definition) is 4. The van der Waals surface area contributed by atoms with Crippen LogP contribution >= 0.6 is 0 Å². The Morgan fingerprint density at radius 2 is 1.77 bits per heavy atom. The van der Waals surface area contributed by atoms with E-state index in [1.165, 1.54) is 0 Å². The molecule has 0 unspecified atom stereocenters. The molecule has 0 saturated carbocycles. The fourth-order valence-corrected chi connectivity index (χ4v) is 2.63. The number of rotatable bonds is 5. The van der Waals surface area contributed by atoms with Crippen molar-refractivity contribution in [3.63, 3.8) is 0 Å². The maximum Gasteiger partial charge on any atom is 0.319 e. The molecule has 2 rings (SSSR count). The van der Waals surface area contributed by atoms with E-state index in [0.29, 0.717) is 26.3 Å². The first-order valence-corrected chi connectivity index (χ1v) is 8.30. The van der Waals surface area contributed by atoms with Gasteiger partial charge in [0, 0.05) is 30.9 Å². The minimum absolute atomic E-state index is 0.0837. The van der Waals surface area contributed by atoms with Crippen molar-refractivity contribution in [1.29, 1.82) is 0 Å². The number of ether oxygens (including phenoxy) is 2. The summed E-state index contributed by atoms with van der Waals surface area (Å²) in [5.41, 5.74) is -0.0837. The van der Waals surface area contributed by atoms with E-state index in [1.807, 2.05) is 0 Å². The van der Waals surface area contributed by atoms with Crippen molar-refractivity contribution in [3.05, 3.63) is 23.8 Å². The predicted octanol–water partition coefficient (Wildman–Crippen LogP) is 1.98. The Morgan fingerprint density at radius 3 is 2.27 bits per heavy atom. The van der Waals surface area contributed by atoms with Crippen molar-refractivity contribution in [2.45, 2.75) is 19.9 Å². The molecule has 0 radical (unpaired) electrons. The summed E-state index contributed by atoms with van der Waals surface area (Å²) in [6.45, 7) is 5.42. The molecule has 0 bridgehead atoms. The summed E-state index contributed by atoms with van der Waals surface area (Å²) in [7, 11) is 1.14. The Balaban J connectivity index is 2.04. The van der Waals surface area contributed by atoms with Gasteiger partial charge in [0.15, 0.2) is 17.4 Å². The molecule has 144 valence electrons. The van der Waals surface area contributed by atoms with Crippen LogP contribution in [0.2, 0.25) is 0 Å². The van der Waals surface area contributed by atoms with Gasteiger partial charge in [-0.3, -0.25) is 4.79 Å². The smallest absolute Gasteiger partial charge is 0.319 e. The van der Waals surface area contributed by atoms with Crippen LogP contribution in [0.3, 0.4) is 0 Å². The quantitative estimate of drug-likeness (QED) is 0.830. The van der Waals surface area contributed by atoms with Crippen molar-refractivity contribution in [3.8, 4) is 5.75 Å². The highest BCUT2D eigenvalue weighted by Gasteiger charge is 2.29. The Labute approximate surface area is 150 Å². The molecule has 7 nitrogen and oxygen atoms in total. The number of halogens is 2. The van der Waals surface area contributed by atoms with Gasteiger partial charge in [0.2, 0.25) is 5.91 Å². The molecular formula is C17H23F2N3O4. The molecular weight excluding hydrogens is 348 g/mol. The lowest BCUT2D eigenvalue weighted by Gasteiger charge is -2.32. The van der Waals surface area contributed by atoms with Crippen LogP contribution in [0.25, 0.3) is 0 Å². The van der Waals surface area contributed by atoms with Crippen molar-refractivity contribution >= 4 is 17.6 Å². The average molecular weight is 371 g/mol. The van der Waals surface area contributed by atoms with E-state index in [0.717, 1.165) is 19.2 Å². The zero-order valence-corrected chi connectivity index (χ0v) is 15.0. The van der Waals surface area contributed by atoms with Gasteiger partial charge in [-0.1, -0.05) is 13.8 Å². The van der Waals surface area contributed by atoms with Crippen LogP contribution in [0.5, 0.6) is 5.75 Å². The molecule has 1 aliphatic rings. The Bertz CT molecular complexity index is 640. The minimum Gasteiger partial charge on any atom is -0.491 e. The van der Waals surface area contributed by atoms with Gasteiger partial charge < -0.3 is 25.0 Å². The van der Waals surface area contributed by atoms with Gasteiger partial charge in [-0.25, -0.2) is 13.6 Å². The summed E-state index contributed by atoms with van der Waals surface area (Å²) in [4.78, 5) is 26.4. The molecule has 1 aromatic rings. The minimum atomic E-state index is -0.937. The molecule has 2 N–H and O–H groups in total. The summed E-state index contributed by atoms with van der Waals surface area (Å²) in [5.74, 6) is -2.79. The zero-order chi connectivity index (χ0) is 19.3. The molecule has 1 saturated heterocycles. The summed E-state index contributed by atoms with van der Waals surface area (Å²) < 4.78 is 37.2. The first-order chi connectivity index (χ1) is 12.3. The number of methoxy groups -OCH3 is 1. The monoisotopic (exact) mass is 371 g/mol. The van der Waals surface area contributed by atoms with Gasteiger partial charge in [0.1, 0.15) is 6.04 Å². The van der Waals surface area contributed by atoms with Crippen molar-refractivity contribution in [1.82, 2.24) is 10.2 Å². The van der Waals surface area contributed by atoms with Gasteiger partial charge in [-0.05, 0) is 5.92 Å². The number of urea groups is 1. The third-order valence-corrected chi connectivity index (χ3v) is 4.00. The number of amides is 3. The van der Waals surface area contributed by atoms with Gasteiger partial charge in [-0.15, -0.1) is 0 Å². The molecule has 3 amide bonds. The number of carbonyl (C=O) groups excluding carboxylic acids is 2. The van der Waals surface area contributed by atoms with Crippen LogP contribution in [0, 0.1) is 17.6 Å². The number of nitrogens with zero attached hydrogens (tertiary/aromatic N) is 1. The first-order valence-electron chi connectivity index (χ1n) is 8.30. The van der Waals surface area contributed by atoms with Crippen LogP contribution in [0.4, 0.5) is 19.3 Å². The Kier molecular flexibility index (Phi) is 6.73. The summed E-state index contributed by atoms with van der Waals surface area (Å²) >= 11 is 0. The molecule has 0 spiro atoms. The van der Waals surface area contributed by atoms with Gasteiger partial charge >= 0.3 is 6.03 Å². The molecule has 0 aliphatic carbocycles. The second-order valence-corrected chi connectivity index (χ2v) is 6.23. The molecule has 1 aliphatic heterocycles. The number of hydrogen-bond donors (Lipinski definition) is 2. The fraction of sp³-hybridized carbons (Fsp3) is 0.529. The highest BCUT2D eigenvalue weighted by molar-refractivity contribution is 5.94. The predicted molar refractivity (Wildman–Crippen MR) is 91.1 cm³/mol.